The maximum Gasteiger partial charge on any atom is 0.312 e. The molecular formula is C17H22N4O5. The number of fused-ring (bicyclic) bond motifs is 1. The lowest BCUT2D eigenvalue weighted by Crippen LogP contribution is -2.36. The molecule has 0 bridgehead atoms. The molecule has 9 nitrogen and oxygen atoms in total. The number of hydrogen-bond donors (Lipinski definition) is 1. The van der Waals surface area contributed by atoms with Crippen LogP contribution in [0.25, 0.3) is 0 Å². The molecule has 9 heteroatoms. The van der Waals surface area contributed by atoms with Crippen LogP contribution in [0.5, 0.6) is 11.5 Å². The maximum atomic E-state index is 11.2. The predicted octanol–water partition coefficient (Wildman–Crippen LogP) is 1.93. The van der Waals surface area contributed by atoms with Gasteiger partial charge in [-0.1, -0.05) is 0 Å². The molecular weight excluding hydrogens is 340 g/mol. The number of rotatable bonds is 5. The summed E-state index contributed by atoms with van der Waals surface area (Å²) in [4.78, 5) is 12.7. The van der Waals surface area contributed by atoms with E-state index in [1.165, 1.54) is 0 Å². The Labute approximate surface area is 150 Å². The molecule has 1 aromatic heterocycles. The van der Waals surface area contributed by atoms with E-state index in [1.54, 1.807) is 38.8 Å². The molecule has 0 radical (unpaired) electrons. The maximum absolute atomic E-state index is 11.2. The Kier molecular flexibility index (Phi) is 4.84. The van der Waals surface area contributed by atoms with Crippen molar-refractivity contribution in [2.24, 2.45) is 0 Å². The van der Waals surface area contributed by atoms with E-state index in [1.807, 2.05) is 11.0 Å². The highest BCUT2D eigenvalue weighted by atomic mass is 16.6. The second-order valence-electron chi connectivity index (χ2n) is 6.31. The summed E-state index contributed by atoms with van der Waals surface area (Å²) in [5.41, 5.74) is 2.47. The Morgan fingerprint density at radius 1 is 1.31 bits per heavy atom. The van der Waals surface area contributed by atoms with Crippen LogP contribution in [0.3, 0.4) is 0 Å². The Hall–Kier alpha value is -2.65. The Balaban J connectivity index is 1.92. The van der Waals surface area contributed by atoms with Crippen molar-refractivity contribution < 1.29 is 19.5 Å². The van der Waals surface area contributed by atoms with E-state index in [0.717, 1.165) is 11.1 Å². The van der Waals surface area contributed by atoms with Crippen LogP contribution in [-0.4, -0.2) is 45.5 Å². The van der Waals surface area contributed by atoms with Crippen LogP contribution >= 0.6 is 0 Å². The van der Waals surface area contributed by atoms with Gasteiger partial charge in [0.1, 0.15) is 22.9 Å². The first kappa shape index (κ1) is 18.2. The van der Waals surface area contributed by atoms with Gasteiger partial charge in [-0.15, -0.1) is 0 Å². The second-order valence-corrected chi connectivity index (χ2v) is 6.31. The van der Waals surface area contributed by atoms with E-state index in [9.17, 15) is 15.2 Å². The van der Waals surface area contributed by atoms with Crippen molar-refractivity contribution in [1.82, 2.24) is 14.7 Å². The molecule has 0 aliphatic carbocycles. The number of nitro groups is 1. The van der Waals surface area contributed by atoms with Crippen molar-refractivity contribution >= 4 is 5.69 Å². The quantitative estimate of drug-likeness (QED) is 0.640. The highest BCUT2D eigenvalue weighted by Crippen LogP contribution is 2.39. The molecule has 0 fully saturated rings. The first-order valence-corrected chi connectivity index (χ1v) is 8.19. The van der Waals surface area contributed by atoms with Gasteiger partial charge in [0.15, 0.2) is 0 Å². The zero-order valence-electron chi connectivity index (χ0n) is 15.2. The van der Waals surface area contributed by atoms with Crippen molar-refractivity contribution in [3.63, 3.8) is 0 Å². The van der Waals surface area contributed by atoms with Gasteiger partial charge in [-0.3, -0.25) is 15.0 Å². The van der Waals surface area contributed by atoms with Gasteiger partial charge >= 0.3 is 5.69 Å². The van der Waals surface area contributed by atoms with Gasteiger partial charge in [-0.05, 0) is 26.0 Å². The average molecular weight is 362 g/mol. The first-order valence-electron chi connectivity index (χ1n) is 8.19. The standard InChI is InChI=1S/C17H22N4O5/c1-10-17(21(23)24)11(2)20(18-10)9-19-7-12-14(25-3)5-6-15(26-4)16(12)13(22)8-19/h5-6,13,22H,7-9H2,1-4H3/t13-/m0/s1. The van der Waals surface area contributed by atoms with Crippen molar-refractivity contribution in [2.45, 2.75) is 33.2 Å². The third-order valence-corrected chi connectivity index (χ3v) is 4.72. The Morgan fingerprint density at radius 3 is 2.54 bits per heavy atom. The highest BCUT2D eigenvalue weighted by Gasteiger charge is 2.31. The number of aliphatic hydroxyl groups excluding tert-OH is 1. The fraction of sp³-hybridized carbons (Fsp3) is 0.471. The van der Waals surface area contributed by atoms with E-state index >= 15 is 0 Å². The van der Waals surface area contributed by atoms with Crippen LogP contribution < -0.4 is 9.47 Å². The van der Waals surface area contributed by atoms with Crippen molar-refractivity contribution in [1.29, 1.82) is 0 Å². The molecule has 1 atom stereocenters. The summed E-state index contributed by atoms with van der Waals surface area (Å²) in [5, 5.41) is 26.1. The van der Waals surface area contributed by atoms with Crippen molar-refractivity contribution in [3.8, 4) is 11.5 Å². The van der Waals surface area contributed by atoms with Crippen LogP contribution in [0.15, 0.2) is 12.1 Å². The third-order valence-electron chi connectivity index (χ3n) is 4.72. The average Bonchev–Trinajstić information content (AvgIpc) is 2.87. The lowest BCUT2D eigenvalue weighted by Gasteiger charge is -2.33. The number of β-amino-alcohol motifs (C(OH)–C–C–N with tert-alkyl or cyclic N) is 1. The zero-order chi connectivity index (χ0) is 19.0. The molecule has 0 saturated carbocycles. The number of aryl methyl sites for hydroxylation is 1. The SMILES string of the molecule is COc1ccc(OC)c2c1CN(Cn1nc(C)c([N+](=O)[O-])c1C)C[C@@H]2O. The minimum Gasteiger partial charge on any atom is -0.496 e. The van der Waals surface area contributed by atoms with Crippen LogP contribution in [0.2, 0.25) is 0 Å². The topological polar surface area (TPSA) is 103 Å². The molecule has 0 saturated heterocycles. The summed E-state index contributed by atoms with van der Waals surface area (Å²) in [6.07, 6.45) is -0.754. The molecule has 1 aromatic carbocycles. The smallest absolute Gasteiger partial charge is 0.312 e. The molecule has 0 spiro atoms. The van der Waals surface area contributed by atoms with Crippen LogP contribution in [0.4, 0.5) is 5.69 Å². The number of nitrogens with zero attached hydrogens (tertiary/aromatic N) is 4. The van der Waals surface area contributed by atoms with Gasteiger partial charge in [-0.2, -0.15) is 5.10 Å². The summed E-state index contributed by atoms with van der Waals surface area (Å²) in [5.74, 6) is 1.29. The van der Waals surface area contributed by atoms with E-state index < -0.39 is 11.0 Å². The molecule has 0 unspecified atom stereocenters. The zero-order valence-corrected chi connectivity index (χ0v) is 15.2. The van der Waals surface area contributed by atoms with E-state index in [0.29, 0.717) is 42.6 Å². The lowest BCUT2D eigenvalue weighted by molar-refractivity contribution is -0.386. The molecule has 1 N–H and O–H groups in total. The highest BCUT2D eigenvalue weighted by molar-refractivity contribution is 5.51. The van der Waals surface area contributed by atoms with Crippen LogP contribution in [0.1, 0.15) is 28.6 Å². The van der Waals surface area contributed by atoms with Gasteiger partial charge in [0, 0.05) is 24.2 Å². The fourth-order valence-corrected chi connectivity index (χ4v) is 3.53. The van der Waals surface area contributed by atoms with E-state index in [4.69, 9.17) is 9.47 Å². The molecule has 140 valence electrons. The largest absolute Gasteiger partial charge is 0.496 e. The molecule has 1 aliphatic rings. The number of ether oxygens (including phenoxy) is 2. The number of aliphatic hydroxyl groups is 1. The van der Waals surface area contributed by atoms with Gasteiger partial charge in [0.25, 0.3) is 0 Å². The van der Waals surface area contributed by atoms with Gasteiger partial charge in [0.2, 0.25) is 0 Å². The molecule has 26 heavy (non-hydrogen) atoms. The predicted molar refractivity (Wildman–Crippen MR) is 93.3 cm³/mol. The lowest BCUT2D eigenvalue weighted by atomic mass is 9.95. The Morgan fingerprint density at radius 2 is 1.96 bits per heavy atom. The normalized spacial score (nSPS) is 17.0. The minimum atomic E-state index is -0.754. The van der Waals surface area contributed by atoms with E-state index in [2.05, 4.69) is 5.10 Å². The summed E-state index contributed by atoms with van der Waals surface area (Å²) >= 11 is 0. The molecule has 3 rings (SSSR count). The number of benzene rings is 1. The van der Waals surface area contributed by atoms with E-state index in [-0.39, 0.29) is 5.69 Å². The number of hydrogen-bond acceptors (Lipinski definition) is 7. The monoisotopic (exact) mass is 362 g/mol. The van der Waals surface area contributed by atoms with Crippen molar-refractivity contribution in [2.75, 3.05) is 20.8 Å². The minimum absolute atomic E-state index is 0.0298. The summed E-state index contributed by atoms with van der Waals surface area (Å²) < 4.78 is 12.4. The number of methoxy groups -OCH3 is 2. The molecule has 1 aliphatic heterocycles. The Bertz CT molecular complexity index is 848. The van der Waals surface area contributed by atoms with Gasteiger partial charge in [-0.25, -0.2) is 4.68 Å². The summed E-state index contributed by atoms with van der Waals surface area (Å²) in [6, 6.07) is 3.59. The first-order chi connectivity index (χ1) is 12.4. The molecule has 0 amide bonds. The fourth-order valence-electron chi connectivity index (χ4n) is 3.53. The van der Waals surface area contributed by atoms with Crippen LogP contribution in [-0.2, 0) is 13.2 Å². The van der Waals surface area contributed by atoms with Crippen LogP contribution in [0, 0.1) is 24.0 Å². The van der Waals surface area contributed by atoms with Crippen molar-refractivity contribution in [3.05, 3.63) is 44.8 Å². The third kappa shape index (κ3) is 2.99. The summed E-state index contributed by atoms with van der Waals surface area (Å²) in [6.45, 7) is 4.50. The van der Waals surface area contributed by atoms with Gasteiger partial charge < -0.3 is 14.6 Å². The number of aromatic nitrogens is 2. The molecule has 2 aromatic rings. The molecule has 2 heterocycles. The summed E-state index contributed by atoms with van der Waals surface area (Å²) in [7, 11) is 3.15. The second kappa shape index (κ2) is 6.93. The van der Waals surface area contributed by atoms with Gasteiger partial charge in [0.05, 0.1) is 31.9 Å².